The quantitative estimate of drug-likeness (QED) is 0.565. The molecule has 3 rings (SSSR count). The number of pyridine rings is 2. The third-order valence-corrected chi connectivity index (χ3v) is 4.66. The summed E-state index contributed by atoms with van der Waals surface area (Å²) in [5, 5.41) is 2.45. The van der Waals surface area contributed by atoms with Crippen molar-refractivity contribution in [2.24, 2.45) is 0 Å². The Hall–Kier alpha value is -4.15. The number of methoxy groups -OCH3 is 1. The lowest BCUT2D eigenvalue weighted by atomic mass is 10.2. The van der Waals surface area contributed by atoms with E-state index in [1.165, 1.54) is 13.3 Å². The van der Waals surface area contributed by atoms with Crippen molar-refractivity contribution < 1.29 is 27.5 Å². The maximum Gasteiger partial charge on any atom is 0.417 e. The first-order chi connectivity index (χ1) is 15.6. The first kappa shape index (κ1) is 23.5. The summed E-state index contributed by atoms with van der Waals surface area (Å²) >= 11 is 0. The standard InChI is InChI=1S/C22H20F3N5O3/c1-13-9-16(11-28-19(13)26)29-20(31)21(32)30(17-5-3-4-6-18(17)33-2)12-15-8-7-14(10-27-15)22(23,24)25/h3-11H,12H2,1-2H3,(H2,26,28)(H,29,31). The first-order valence-corrected chi connectivity index (χ1v) is 9.60. The van der Waals surface area contributed by atoms with Crippen LogP contribution in [-0.4, -0.2) is 28.9 Å². The van der Waals surface area contributed by atoms with Gasteiger partial charge in [0.05, 0.1) is 42.5 Å². The molecule has 0 saturated heterocycles. The summed E-state index contributed by atoms with van der Waals surface area (Å²) in [5.41, 5.74) is 5.99. The zero-order valence-corrected chi connectivity index (χ0v) is 17.7. The topological polar surface area (TPSA) is 110 Å². The Morgan fingerprint density at radius 3 is 2.45 bits per heavy atom. The minimum atomic E-state index is -4.55. The van der Waals surface area contributed by atoms with Crippen molar-refractivity contribution in [2.75, 3.05) is 23.1 Å². The number of aromatic nitrogens is 2. The first-order valence-electron chi connectivity index (χ1n) is 9.60. The number of rotatable bonds is 5. The van der Waals surface area contributed by atoms with E-state index in [9.17, 15) is 22.8 Å². The van der Waals surface area contributed by atoms with E-state index in [0.717, 1.165) is 17.0 Å². The number of amides is 2. The van der Waals surface area contributed by atoms with Crippen molar-refractivity contribution in [1.29, 1.82) is 0 Å². The number of nitrogens with zero attached hydrogens (tertiary/aromatic N) is 3. The molecule has 0 fully saturated rings. The number of anilines is 3. The fraction of sp³-hybridized carbons (Fsp3) is 0.182. The van der Waals surface area contributed by atoms with Gasteiger partial charge < -0.3 is 15.8 Å². The zero-order valence-electron chi connectivity index (χ0n) is 17.7. The molecule has 0 atom stereocenters. The molecule has 2 heterocycles. The highest BCUT2D eigenvalue weighted by atomic mass is 19.4. The van der Waals surface area contributed by atoms with Crippen molar-refractivity contribution in [3.05, 3.63) is 71.7 Å². The summed E-state index contributed by atoms with van der Waals surface area (Å²) in [7, 11) is 1.39. The predicted octanol–water partition coefficient (Wildman–Crippen LogP) is 3.57. The largest absolute Gasteiger partial charge is 0.495 e. The third kappa shape index (κ3) is 5.56. The average molecular weight is 459 g/mol. The summed E-state index contributed by atoms with van der Waals surface area (Å²) in [4.78, 5) is 34.6. The van der Waals surface area contributed by atoms with Crippen LogP contribution in [0.4, 0.5) is 30.4 Å². The van der Waals surface area contributed by atoms with Crippen molar-refractivity contribution >= 4 is 29.0 Å². The Balaban J connectivity index is 1.91. The van der Waals surface area contributed by atoms with Gasteiger partial charge in [-0.25, -0.2) is 4.98 Å². The van der Waals surface area contributed by atoms with Crippen molar-refractivity contribution in [1.82, 2.24) is 9.97 Å². The van der Waals surface area contributed by atoms with Gasteiger partial charge in [-0.3, -0.25) is 19.5 Å². The van der Waals surface area contributed by atoms with Crippen LogP contribution in [0, 0.1) is 6.92 Å². The van der Waals surface area contributed by atoms with Gasteiger partial charge in [-0.1, -0.05) is 12.1 Å². The molecule has 3 N–H and O–H groups in total. The molecule has 3 aromatic rings. The number of ether oxygens (including phenoxy) is 1. The number of hydrogen-bond donors (Lipinski definition) is 2. The molecular formula is C22H20F3N5O3. The van der Waals surface area contributed by atoms with Crippen LogP contribution in [0.25, 0.3) is 0 Å². The second-order valence-electron chi connectivity index (χ2n) is 6.98. The number of carbonyl (C=O) groups excluding carboxylic acids is 2. The smallest absolute Gasteiger partial charge is 0.417 e. The van der Waals surface area contributed by atoms with Gasteiger partial charge in [-0.2, -0.15) is 13.2 Å². The number of alkyl halides is 3. The molecule has 8 nitrogen and oxygen atoms in total. The van der Waals surface area contributed by atoms with Gasteiger partial charge >= 0.3 is 18.0 Å². The zero-order chi connectivity index (χ0) is 24.2. The van der Waals surface area contributed by atoms with Crippen LogP contribution in [0.5, 0.6) is 5.75 Å². The van der Waals surface area contributed by atoms with E-state index in [4.69, 9.17) is 10.5 Å². The van der Waals surface area contributed by atoms with E-state index >= 15 is 0 Å². The summed E-state index contributed by atoms with van der Waals surface area (Å²) in [6, 6.07) is 9.98. The molecular weight excluding hydrogens is 439 g/mol. The summed E-state index contributed by atoms with van der Waals surface area (Å²) < 4.78 is 43.8. The number of aryl methyl sites for hydroxylation is 1. The number of para-hydroxylation sites is 2. The van der Waals surface area contributed by atoms with Crippen LogP contribution in [0.2, 0.25) is 0 Å². The van der Waals surface area contributed by atoms with Crippen molar-refractivity contribution in [2.45, 2.75) is 19.6 Å². The van der Waals surface area contributed by atoms with Crippen LogP contribution in [0.3, 0.4) is 0 Å². The molecule has 1 aromatic carbocycles. The molecule has 11 heteroatoms. The molecule has 0 aliphatic rings. The highest BCUT2D eigenvalue weighted by Gasteiger charge is 2.31. The Labute approximate surface area is 187 Å². The van der Waals surface area contributed by atoms with E-state index in [0.29, 0.717) is 11.8 Å². The minimum absolute atomic E-state index is 0.139. The van der Waals surface area contributed by atoms with Crippen LogP contribution in [-0.2, 0) is 22.3 Å². The number of nitrogens with two attached hydrogens (primary N) is 1. The number of benzene rings is 1. The minimum Gasteiger partial charge on any atom is -0.495 e. The molecule has 2 amide bonds. The second-order valence-corrected chi connectivity index (χ2v) is 6.98. The highest BCUT2D eigenvalue weighted by molar-refractivity contribution is 6.44. The molecule has 2 aromatic heterocycles. The van der Waals surface area contributed by atoms with E-state index in [1.54, 1.807) is 37.3 Å². The van der Waals surface area contributed by atoms with Crippen LogP contribution in [0.1, 0.15) is 16.8 Å². The lowest BCUT2D eigenvalue weighted by molar-refractivity contribution is -0.137. The molecule has 0 aliphatic carbocycles. The van der Waals surface area contributed by atoms with Crippen LogP contribution < -0.4 is 20.7 Å². The van der Waals surface area contributed by atoms with Gasteiger partial charge in [0.1, 0.15) is 11.6 Å². The highest BCUT2D eigenvalue weighted by Crippen LogP contribution is 2.31. The second kappa shape index (κ2) is 9.55. The van der Waals surface area contributed by atoms with Gasteiger partial charge in [0, 0.05) is 6.20 Å². The maximum absolute atomic E-state index is 13.1. The number of nitrogens with one attached hydrogen (secondary N) is 1. The number of hydrogen-bond acceptors (Lipinski definition) is 6. The lowest BCUT2D eigenvalue weighted by Gasteiger charge is -2.24. The molecule has 0 bridgehead atoms. The predicted molar refractivity (Wildman–Crippen MR) is 115 cm³/mol. The van der Waals surface area contributed by atoms with Crippen LogP contribution in [0.15, 0.2) is 54.9 Å². The van der Waals surface area contributed by atoms with Crippen molar-refractivity contribution in [3.63, 3.8) is 0 Å². The summed E-state index contributed by atoms with van der Waals surface area (Å²) in [5.74, 6) is -1.40. The SMILES string of the molecule is COc1ccccc1N(Cc1ccc(C(F)(F)F)cn1)C(=O)C(=O)Nc1cnc(N)c(C)c1. The van der Waals surface area contributed by atoms with Gasteiger partial charge in [-0.05, 0) is 42.8 Å². The van der Waals surface area contributed by atoms with Crippen molar-refractivity contribution in [3.8, 4) is 5.75 Å². The molecule has 33 heavy (non-hydrogen) atoms. The Bertz CT molecular complexity index is 1170. The summed E-state index contributed by atoms with van der Waals surface area (Å²) in [6.07, 6.45) is -2.57. The van der Waals surface area contributed by atoms with E-state index in [1.807, 2.05) is 0 Å². The Kier molecular flexibility index (Phi) is 6.80. The number of carbonyl (C=O) groups is 2. The molecule has 172 valence electrons. The van der Waals surface area contributed by atoms with E-state index in [2.05, 4.69) is 15.3 Å². The third-order valence-electron chi connectivity index (χ3n) is 4.66. The van der Waals surface area contributed by atoms with Gasteiger partial charge in [0.15, 0.2) is 0 Å². The molecule has 0 radical (unpaired) electrons. The lowest BCUT2D eigenvalue weighted by Crippen LogP contribution is -2.40. The van der Waals surface area contributed by atoms with Gasteiger partial charge in [-0.15, -0.1) is 0 Å². The Morgan fingerprint density at radius 2 is 1.85 bits per heavy atom. The fourth-order valence-electron chi connectivity index (χ4n) is 2.93. The number of nitrogen functional groups attached to an aromatic ring is 1. The molecule has 0 saturated carbocycles. The maximum atomic E-state index is 13.1. The molecule has 0 unspecified atom stereocenters. The van der Waals surface area contributed by atoms with Gasteiger partial charge in [0.2, 0.25) is 0 Å². The van der Waals surface area contributed by atoms with E-state index < -0.39 is 23.6 Å². The fourth-order valence-corrected chi connectivity index (χ4v) is 2.93. The molecule has 0 aliphatic heterocycles. The van der Waals surface area contributed by atoms with Crippen LogP contribution >= 0.6 is 0 Å². The average Bonchev–Trinajstić information content (AvgIpc) is 2.79. The summed E-state index contributed by atoms with van der Waals surface area (Å²) in [6.45, 7) is 1.42. The monoisotopic (exact) mass is 459 g/mol. The van der Waals surface area contributed by atoms with Gasteiger partial charge in [0.25, 0.3) is 0 Å². The normalized spacial score (nSPS) is 11.1. The number of halogens is 3. The molecule has 0 spiro atoms. The van der Waals surface area contributed by atoms with E-state index in [-0.39, 0.29) is 35.2 Å². The Morgan fingerprint density at radius 1 is 1.12 bits per heavy atom.